The van der Waals surface area contributed by atoms with Crippen LogP contribution in [0.4, 0.5) is 0 Å². The molecule has 1 atom stereocenters. The monoisotopic (exact) mass is 320 g/mol. The van der Waals surface area contributed by atoms with Gasteiger partial charge in [0.15, 0.2) is 0 Å². The number of carboxylic acid groups (broad SMARTS) is 1. The van der Waals surface area contributed by atoms with Crippen molar-refractivity contribution in [3.05, 3.63) is 17.0 Å². The van der Waals surface area contributed by atoms with Gasteiger partial charge in [0, 0.05) is 18.0 Å². The van der Waals surface area contributed by atoms with E-state index in [1.165, 1.54) is 11.4 Å². The summed E-state index contributed by atoms with van der Waals surface area (Å²) >= 11 is 0.911. The van der Waals surface area contributed by atoms with E-state index in [1.54, 1.807) is 0 Å². The molecule has 0 fully saturated rings. The Balaban J connectivity index is 2.72. The zero-order valence-corrected chi connectivity index (χ0v) is 13.4. The Hall–Kier alpha value is -0.960. The van der Waals surface area contributed by atoms with Crippen LogP contribution in [-0.2, 0) is 10.0 Å². The first-order valence-corrected chi connectivity index (χ1v) is 8.73. The number of hydrogen-bond donors (Lipinski definition) is 2. The van der Waals surface area contributed by atoms with Crippen LogP contribution in [0, 0.1) is 0 Å². The number of rotatable bonds is 8. The second-order valence-electron chi connectivity index (χ2n) is 4.38. The summed E-state index contributed by atoms with van der Waals surface area (Å²) in [5, 5.41) is 10.1. The zero-order valence-electron chi connectivity index (χ0n) is 11.8. The van der Waals surface area contributed by atoms with Crippen LogP contribution in [0.1, 0.15) is 31.1 Å². The molecule has 6 nitrogen and oxygen atoms in total. The lowest BCUT2D eigenvalue weighted by Crippen LogP contribution is -2.41. The van der Waals surface area contributed by atoms with E-state index in [0.717, 1.165) is 24.4 Å². The van der Waals surface area contributed by atoms with Gasteiger partial charge in [0.05, 0.1) is 5.56 Å². The lowest BCUT2D eigenvalue weighted by Gasteiger charge is -2.26. The van der Waals surface area contributed by atoms with Crippen LogP contribution in [0.3, 0.4) is 0 Å². The molecular formula is C12H20N2O4S2. The van der Waals surface area contributed by atoms with Gasteiger partial charge in [-0.25, -0.2) is 17.9 Å². The van der Waals surface area contributed by atoms with Crippen molar-refractivity contribution in [2.45, 2.75) is 31.0 Å². The predicted molar refractivity (Wildman–Crippen MR) is 78.8 cm³/mol. The van der Waals surface area contributed by atoms with Gasteiger partial charge in [-0.15, -0.1) is 11.3 Å². The van der Waals surface area contributed by atoms with Gasteiger partial charge in [-0.2, -0.15) is 0 Å². The van der Waals surface area contributed by atoms with Gasteiger partial charge in [0.2, 0.25) is 10.0 Å². The van der Waals surface area contributed by atoms with Crippen LogP contribution in [0.25, 0.3) is 0 Å². The average Bonchev–Trinajstić information content (AvgIpc) is 2.88. The smallest absolute Gasteiger partial charge is 0.336 e. The van der Waals surface area contributed by atoms with Gasteiger partial charge in [0.25, 0.3) is 0 Å². The Morgan fingerprint density at radius 2 is 2.05 bits per heavy atom. The second-order valence-corrected chi connectivity index (χ2v) is 7.29. The van der Waals surface area contributed by atoms with E-state index in [9.17, 15) is 13.2 Å². The minimum absolute atomic E-state index is 0.00725. The van der Waals surface area contributed by atoms with Crippen LogP contribution in [0.15, 0.2) is 15.7 Å². The molecule has 0 aliphatic rings. The molecule has 0 aromatic carbocycles. The summed E-state index contributed by atoms with van der Waals surface area (Å²) < 4.78 is 26.7. The second kappa shape index (κ2) is 7.16. The Kier molecular flexibility index (Phi) is 6.12. The van der Waals surface area contributed by atoms with Gasteiger partial charge >= 0.3 is 5.97 Å². The normalized spacial score (nSPS) is 13.6. The summed E-state index contributed by atoms with van der Waals surface area (Å²) in [7, 11) is -3.64. The van der Waals surface area contributed by atoms with E-state index in [1.807, 2.05) is 20.8 Å². The maximum atomic E-state index is 12.1. The minimum Gasteiger partial charge on any atom is -0.478 e. The highest BCUT2D eigenvalue weighted by Gasteiger charge is 2.20. The first-order valence-electron chi connectivity index (χ1n) is 6.37. The molecule has 8 heteroatoms. The molecule has 0 aliphatic carbocycles. The van der Waals surface area contributed by atoms with E-state index in [0.29, 0.717) is 6.54 Å². The molecular weight excluding hydrogens is 300 g/mol. The molecule has 1 heterocycles. The fourth-order valence-electron chi connectivity index (χ4n) is 1.85. The fourth-order valence-corrected chi connectivity index (χ4v) is 4.17. The predicted octanol–water partition coefficient (Wildman–Crippen LogP) is 1.45. The third kappa shape index (κ3) is 4.27. The third-order valence-corrected chi connectivity index (χ3v) is 5.95. The van der Waals surface area contributed by atoms with Crippen molar-refractivity contribution in [1.82, 2.24) is 9.62 Å². The maximum Gasteiger partial charge on any atom is 0.336 e. The number of sulfonamides is 1. The van der Waals surface area contributed by atoms with Crippen LogP contribution in [0.2, 0.25) is 0 Å². The fraction of sp³-hybridized carbons (Fsp3) is 0.583. The summed E-state index contributed by atoms with van der Waals surface area (Å²) in [5.74, 6) is -1.13. The molecule has 1 rings (SSSR count). The molecule has 1 unspecified atom stereocenters. The summed E-state index contributed by atoms with van der Waals surface area (Å²) in [5.41, 5.74) is -0.00725. The molecule has 0 amide bonds. The summed E-state index contributed by atoms with van der Waals surface area (Å²) in [4.78, 5) is 12.9. The number of thiophene rings is 1. The Morgan fingerprint density at radius 3 is 2.50 bits per heavy atom. The molecule has 0 aliphatic heterocycles. The van der Waals surface area contributed by atoms with Gasteiger partial charge in [0.1, 0.15) is 4.21 Å². The number of nitrogens with zero attached hydrogens (tertiary/aromatic N) is 1. The van der Waals surface area contributed by atoms with Crippen molar-refractivity contribution < 1.29 is 18.3 Å². The van der Waals surface area contributed by atoms with Gasteiger partial charge < -0.3 is 5.11 Å². The van der Waals surface area contributed by atoms with Gasteiger partial charge in [-0.1, -0.05) is 13.8 Å². The zero-order chi connectivity index (χ0) is 15.3. The Bertz CT molecular complexity index is 550. The summed E-state index contributed by atoms with van der Waals surface area (Å²) in [6, 6.07) is 1.26. The maximum absolute atomic E-state index is 12.1. The number of aromatic carboxylic acids is 1. The summed E-state index contributed by atoms with van der Waals surface area (Å²) in [6.07, 6.45) is 0. The average molecular weight is 320 g/mol. The number of carbonyl (C=O) groups is 1. The highest BCUT2D eigenvalue weighted by Crippen LogP contribution is 2.20. The lowest BCUT2D eigenvalue weighted by atomic mass is 10.3. The van der Waals surface area contributed by atoms with Crippen LogP contribution in [0.5, 0.6) is 0 Å². The standard InChI is InChI=1S/C12H20N2O4S2/c1-4-14(5-2)9(3)7-13-20(17,18)11-6-10(8-19-11)12(15)16/h6,8-9,13H,4-5,7H2,1-3H3,(H,15,16). The topological polar surface area (TPSA) is 86.7 Å². The quantitative estimate of drug-likeness (QED) is 0.757. The van der Waals surface area contributed by atoms with Crippen molar-refractivity contribution in [2.24, 2.45) is 0 Å². The minimum atomic E-state index is -3.64. The van der Waals surface area contributed by atoms with Crippen molar-refractivity contribution in [2.75, 3.05) is 19.6 Å². The van der Waals surface area contributed by atoms with Gasteiger partial charge in [-0.3, -0.25) is 4.90 Å². The first kappa shape index (κ1) is 17.1. The van der Waals surface area contributed by atoms with Crippen molar-refractivity contribution >= 4 is 27.3 Å². The van der Waals surface area contributed by atoms with Crippen LogP contribution >= 0.6 is 11.3 Å². The third-order valence-electron chi connectivity index (χ3n) is 3.09. The first-order chi connectivity index (χ1) is 9.31. The van der Waals surface area contributed by atoms with E-state index in [4.69, 9.17) is 5.11 Å². The molecule has 1 aromatic heterocycles. The summed E-state index contributed by atoms with van der Waals surface area (Å²) in [6.45, 7) is 7.99. The van der Waals surface area contributed by atoms with E-state index in [-0.39, 0.29) is 15.8 Å². The van der Waals surface area contributed by atoms with Crippen LogP contribution < -0.4 is 4.72 Å². The Labute approximate surface area is 123 Å². The molecule has 20 heavy (non-hydrogen) atoms. The van der Waals surface area contributed by atoms with Crippen LogP contribution in [-0.4, -0.2) is 50.1 Å². The molecule has 0 saturated carbocycles. The highest BCUT2D eigenvalue weighted by atomic mass is 32.2. The SMILES string of the molecule is CCN(CC)C(C)CNS(=O)(=O)c1cc(C(=O)O)cs1. The molecule has 114 valence electrons. The lowest BCUT2D eigenvalue weighted by molar-refractivity contribution is 0.0697. The Morgan fingerprint density at radius 1 is 1.45 bits per heavy atom. The molecule has 1 aromatic rings. The van der Waals surface area contributed by atoms with E-state index in [2.05, 4.69) is 9.62 Å². The number of nitrogens with one attached hydrogen (secondary N) is 1. The van der Waals surface area contributed by atoms with Crippen molar-refractivity contribution in [1.29, 1.82) is 0 Å². The molecule has 0 saturated heterocycles. The molecule has 0 bridgehead atoms. The number of hydrogen-bond acceptors (Lipinski definition) is 5. The highest BCUT2D eigenvalue weighted by molar-refractivity contribution is 7.91. The molecule has 0 spiro atoms. The van der Waals surface area contributed by atoms with E-state index < -0.39 is 16.0 Å². The largest absolute Gasteiger partial charge is 0.478 e. The molecule has 0 radical (unpaired) electrons. The van der Waals surface area contributed by atoms with Gasteiger partial charge in [-0.05, 0) is 26.1 Å². The van der Waals surface area contributed by atoms with E-state index >= 15 is 0 Å². The number of likely N-dealkylation sites (N-methyl/N-ethyl adjacent to an activating group) is 1. The van der Waals surface area contributed by atoms with Crippen molar-refractivity contribution in [3.63, 3.8) is 0 Å². The number of carboxylic acids is 1. The van der Waals surface area contributed by atoms with Crippen molar-refractivity contribution in [3.8, 4) is 0 Å². The molecule has 2 N–H and O–H groups in total.